The highest BCUT2D eigenvalue weighted by Crippen LogP contribution is 2.27. The van der Waals surface area contributed by atoms with Crippen molar-refractivity contribution in [1.29, 1.82) is 0 Å². The van der Waals surface area contributed by atoms with Crippen molar-refractivity contribution in [3.05, 3.63) is 29.8 Å². The maximum Gasteiger partial charge on any atom is 0.285 e. The van der Waals surface area contributed by atoms with E-state index in [9.17, 15) is 8.42 Å². The predicted molar refractivity (Wildman–Crippen MR) is 69.2 cm³/mol. The quantitative estimate of drug-likeness (QED) is 0.739. The van der Waals surface area contributed by atoms with E-state index in [2.05, 4.69) is 16.6 Å². The second-order valence-corrected chi connectivity index (χ2v) is 6.26. The molecule has 1 aromatic carbocycles. The van der Waals surface area contributed by atoms with Gasteiger partial charge in [-0.05, 0) is 19.1 Å². The molecule has 2 aliphatic rings. The van der Waals surface area contributed by atoms with Crippen LogP contribution in [0, 0.1) is 0 Å². The van der Waals surface area contributed by atoms with Gasteiger partial charge in [-0.3, -0.25) is 0 Å². The van der Waals surface area contributed by atoms with Crippen LogP contribution in [0.1, 0.15) is 12.5 Å². The van der Waals surface area contributed by atoms with Crippen molar-refractivity contribution in [3.63, 3.8) is 0 Å². The number of fused-ring (bicyclic) bond motifs is 1. The lowest BCUT2D eigenvalue weighted by Crippen LogP contribution is -2.51. The highest BCUT2D eigenvalue weighted by atomic mass is 32.2. The van der Waals surface area contributed by atoms with Crippen molar-refractivity contribution in [2.24, 2.45) is 4.40 Å². The minimum Gasteiger partial charge on any atom is -0.353 e. The van der Waals surface area contributed by atoms with Crippen LogP contribution in [0.2, 0.25) is 0 Å². The summed E-state index contributed by atoms with van der Waals surface area (Å²) in [5, 5.41) is 3.33. The maximum absolute atomic E-state index is 12.0. The SMILES string of the molecule is CC1CN(C2=NS(=O)(=O)c3ccccc32)CCN1. The van der Waals surface area contributed by atoms with E-state index < -0.39 is 10.0 Å². The number of sulfonamides is 1. The number of amidine groups is 1. The Labute approximate surface area is 107 Å². The van der Waals surface area contributed by atoms with Crippen LogP contribution in [0.5, 0.6) is 0 Å². The fraction of sp³-hybridized carbons (Fsp3) is 0.417. The first-order chi connectivity index (χ1) is 8.58. The van der Waals surface area contributed by atoms with E-state index in [0.717, 1.165) is 25.2 Å². The summed E-state index contributed by atoms with van der Waals surface area (Å²) in [7, 11) is -3.50. The molecule has 2 heterocycles. The van der Waals surface area contributed by atoms with Crippen molar-refractivity contribution in [1.82, 2.24) is 10.2 Å². The van der Waals surface area contributed by atoms with Crippen molar-refractivity contribution < 1.29 is 8.42 Å². The molecule has 0 radical (unpaired) electrons. The van der Waals surface area contributed by atoms with E-state index in [1.54, 1.807) is 12.1 Å². The monoisotopic (exact) mass is 265 g/mol. The minimum atomic E-state index is -3.50. The molecule has 0 aromatic heterocycles. The average molecular weight is 265 g/mol. The zero-order valence-electron chi connectivity index (χ0n) is 10.1. The van der Waals surface area contributed by atoms with Gasteiger partial charge in [-0.25, -0.2) is 0 Å². The Kier molecular flexibility index (Phi) is 2.64. The molecule has 96 valence electrons. The predicted octanol–water partition coefficient (Wildman–Crippen LogP) is 0.429. The molecule has 18 heavy (non-hydrogen) atoms. The van der Waals surface area contributed by atoms with Gasteiger partial charge < -0.3 is 10.2 Å². The van der Waals surface area contributed by atoms with Gasteiger partial charge in [0.05, 0.1) is 0 Å². The first-order valence-electron chi connectivity index (χ1n) is 6.00. The van der Waals surface area contributed by atoms with Crippen LogP contribution < -0.4 is 5.32 Å². The number of hydrogen-bond donors (Lipinski definition) is 1. The van der Waals surface area contributed by atoms with Crippen molar-refractivity contribution in [3.8, 4) is 0 Å². The molecule has 0 amide bonds. The highest BCUT2D eigenvalue weighted by Gasteiger charge is 2.32. The van der Waals surface area contributed by atoms with Gasteiger partial charge >= 0.3 is 0 Å². The lowest BCUT2D eigenvalue weighted by Gasteiger charge is -2.33. The van der Waals surface area contributed by atoms with Crippen molar-refractivity contribution in [2.45, 2.75) is 17.9 Å². The summed E-state index contributed by atoms with van der Waals surface area (Å²) in [5.74, 6) is 0.596. The van der Waals surface area contributed by atoms with Gasteiger partial charge in [0.25, 0.3) is 10.0 Å². The summed E-state index contributed by atoms with van der Waals surface area (Å²) >= 11 is 0. The average Bonchev–Trinajstić information content (AvgIpc) is 2.63. The van der Waals surface area contributed by atoms with Gasteiger partial charge in [-0.2, -0.15) is 8.42 Å². The molecule has 0 aliphatic carbocycles. The van der Waals surface area contributed by atoms with Gasteiger partial charge in [-0.1, -0.05) is 12.1 Å². The van der Waals surface area contributed by atoms with Gasteiger partial charge in [0.1, 0.15) is 4.90 Å². The molecule has 0 bridgehead atoms. The number of hydrogen-bond acceptors (Lipinski definition) is 4. The molecule has 1 atom stereocenters. The normalized spacial score (nSPS) is 25.7. The van der Waals surface area contributed by atoms with Crippen LogP contribution in [-0.2, 0) is 10.0 Å². The fourth-order valence-electron chi connectivity index (χ4n) is 2.44. The largest absolute Gasteiger partial charge is 0.353 e. The maximum atomic E-state index is 12.0. The topological polar surface area (TPSA) is 61.8 Å². The van der Waals surface area contributed by atoms with Crippen LogP contribution in [0.25, 0.3) is 0 Å². The summed E-state index contributed by atoms with van der Waals surface area (Å²) < 4.78 is 27.8. The Balaban J connectivity index is 2.04. The molecule has 2 aliphatic heterocycles. The molecule has 0 saturated carbocycles. The van der Waals surface area contributed by atoms with Crippen LogP contribution in [-0.4, -0.2) is 44.8 Å². The smallest absolute Gasteiger partial charge is 0.285 e. The first-order valence-corrected chi connectivity index (χ1v) is 7.44. The number of nitrogens with one attached hydrogen (secondary N) is 1. The highest BCUT2D eigenvalue weighted by molar-refractivity contribution is 7.90. The van der Waals surface area contributed by atoms with Crippen LogP contribution in [0.15, 0.2) is 33.6 Å². The Morgan fingerprint density at radius 3 is 2.94 bits per heavy atom. The van der Waals surface area contributed by atoms with E-state index in [-0.39, 0.29) is 0 Å². The zero-order chi connectivity index (χ0) is 12.8. The summed E-state index contributed by atoms with van der Waals surface area (Å²) in [4.78, 5) is 2.37. The number of rotatable bonds is 0. The number of benzene rings is 1. The fourth-order valence-corrected chi connectivity index (χ4v) is 3.67. The summed E-state index contributed by atoms with van der Waals surface area (Å²) in [5.41, 5.74) is 0.728. The lowest BCUT2D eigenvalue weighted by atomic mass is 10.1. The lowest BCUT2D eigenvalue weighted by molar-refractivity contribution is 0.304. The van der Waals surface area contributed by atoms with Crippen molar-refractivity contribution >= 4 is 15.9 Å². The Morgan fingerprint density at radius 1 is 1.39 bits per heavy atom. The zero-order valence-corrected chi connectivity index (χ0v) is 10.9. The third kappa shape index (κ3) is 1.81. The summed E-state index contributed by atoms with van der Waals surface area (Å²) in [6, 6.07) is 7.37. The molecular weight excluding hydrogens is 250 g/mol. The van der Waals surface area contributed by atoms with Gasteiger partial charge in [0.15, 0.2) is 5.84 Å². The molecule has 1 unspecified atom stereocenters. The molecular formula is C12H15N3O2S. The number of nitrogens with zero attached hydrogens (tertiary/aromatic N) is 2. The van der Waals surface area contributed by atoms with Gasteiger partial charge in [-0.15, -0.1) is 4.40 Å². The molecule has 5 nitrogen and oxygen atoms in total. The minimum absolute atomic E-state index is 0.325. The van der Waals surface area contributed by atoms with E-state index in [4.69, 9.17) is 0 Å². The van der Waals surface area contributed by atoms with E-state index in [0.29, 0.717) is 16.8 Å². The Bertz CT molecular complexity index is 610. The molecule has 6 heteroatoms. The van der Waals surface area contributed by atoms with E-state index >= 15 is 0 Å². The third-order valence-electron chi connectivity index (χ3n) is 3.28. The van der Waals surface area contributed by atoms with Gasteiger partial charge in [0, 0.05) is 31.2 Å². The molecule has 1 N–H and O–H groups in total. The second-order valence-electron chi connectivity index (χ2n) is 4.69. The third-order valence-corrected chi connectivity index (χ3v) is 4.61. The van der Waals surface area contributed by atoms with E-state index in [1.807, 2.05) is 17.0 Å². The number of piperazine rings is 1. The van der Waals surface area contributed by atoms with Gasteiger partial charge in [0.2, 0.25) is 0 Å². The molecule has 1 aromatic rings. The van der Waals surface area contributed by atoms with Crippen LogP contribution in [0.3, 0.4) is 0 Å². The first kappa shape index (κ1) is 11.7. The summed E-state index contributed by atoms with van der Waals surface area (Å²) in [6.07, 6.45) is 0. The molecule has 1 saturated heterocycles. The second kappa shape index (κ2) is 4.07. The molecule has 1 fully saturated rings. The summed E-state index contributed by atoms with van der Waals surface area (Å²) in [6.45, 7) is 4.50. The molecule has 3 rings (SSSR count). The molecule has 0 spiro atoms. The Hall–Kier alpha value is -1.40. The standard InChI is InChI=1S/C12H15N3O2S/c1-9-8-15(7-6-13-9)12-10-4-2-3-5-11(10)18(16,17)14-12/h2-5,9,13H,6-8H2,1H3. The van der Waals surface area contributed by atoms with E-state index in [1.165, 1.54) is 0 Å². The van der Waals surface area contributed by atoms with Crippen LogP contribution >= 0.6 is 0 Å². The van der Waals surface area contributed by atoms with Crippen LogP contribution in [0.4, 0.5) is 0 Å². The Morgan fingerprint density at radius 2 is 2.17 bits per heavy atom. The van der Waals surface area contributed by atoms with Crippen molar-refractivity contribution in [2.75, 3.05) is 19.6 Å².